The lowest BCUT2D eigenvalue weighted by molar-refractivity contribution is 0.161. The van der Waals surface area contributed by atoms with E-state index in [1.807, 2.05) is 41.1 Å². The average Bonchev–Trinajstić information content (AvgIpc) is 2.80. The van der Waals surface area contributed by atoms with Crippen molar-refractivity contribution in [2.24, 2.45) is 0 Å². The van der Waals surface area contributed by atoms with E-state index in [1.165, 1.54) is 0 Å². The van der Waals surface area contributed by atoms with Crippen LogP contribution in [-0.4, -0.2) is 14.7 Å². The highest BCUT2D eigenvalue weighted by Gasteiger charge is 2.05. The molecule has 0 aliphatic carbocycles. The van der Waals surface area contributed by atoms with Crippen molar-refractivity contribution in [3.8, 4) is 0 Å². The summed E-state index contributed by atoms with van der Waals surface area (Å²) < 4.78 is 1.96. The van der Waals surface area contributed by atoms with Crippen molar-refractivity contribution < 1.29 is 5.11 Å². The van der Waals surface area contributed by atoms with E-state index in [4.69, 9.17) is 0 Å². The lowest BCUT2D eigenvalue weighted by atomic mass is 10.1. The van der Waals surface area contributed by atoms with E-state index in [0.29, 0.717) is 6.42 Å². The maximum absolute atomic E-state index is 9.89. The lowest BCUT2D eigenvalue weighted by Gasteiger charge is -2.10. The maximum atomic E-state index is 9.89. The minimum Gasteiger partial charge on any atom is -0.388 e. The van der Waals surface area contributed by atoms with Crippen molar-refractivity contribution in [3.05, 3.63) is 54.6 Å². The molecule has 3 heteroatoms. The fraction of sp³-hybridized carbons (Fsp3) is 0.250. The quantitative estimate of drug-likeness (QED) is 0.823. The Morgan fingerprint density at radius 2 is 2.07 bits per heavy atom. The fourth-order valence-corrected chi connectivity index (χ4v) is 1.53. The molecule has 3 nitrogen and oxygen atoms in total. The standard InChI is InChI=1S/C12H14N2O/c15-12(11-4-2-1-3-5-11)6-8-14-9-7-13-10-14/h1-5,7,9-10,12,15H,6,8H2/t12-/m1/s1. The third-order valence-corrected chi connectivity index (χ3v) is 2.40. The van der Waals surface area contributed by atoms with E-state index in [9.17, 15) is 5.11 Å². The van der Waals surface area contributed by atoms with Gasteiger partial charge >= 0.3 is 0 Å². The summed E-state index contributed by atoms with van der Waals surface area (Å²) in [7, 11) is 0. The molecule has 15 heavy (non-hydrogen) atoms. The molecule has 0 radical (unpaired) electrons. The molecule has 0 fully saturated rings. The zero-order valence-corrected chi connectivity index (χ0v) is 8.45. The monoisotopic (exact) mass is 202 g/mol. The van der Waals surface area contributed by atoms with Crippen LogP contribution in [0.25, 0.3) is 0 Å². The molecular weight excluding hydrogens is 188 g/mol. The summed E-state index contributed by atoms with van der Waals surface area (Å²) in [5.41, 5.74) is 0.970. The number of aliphatic hydroxyl groups is 1. The fourth-order valence-electron chi connectivity index (χ4n) is 1.53. The summed E-state index contributed by atoms with van der Waals surface area (Å²) in [5.74, 6) is 0. The van der Waals surface area contributed by atoms with Gasteiger partial charge in [0.2, 0.25) is 0 Å². The van der Waals surface area contributed by atoms with Crippen LogP contribution >= 0.6 is 0 Å². The number of aryl methyl sites for hydroxylation is 1. The summed E-state index contributed by atoms with van der Waals surface area (Å²) in [6, 6.07) is 9.72. The van der Waals surface area contributed by atoms with Gasteiger partial charge in [0.05, 0.1) is 12.4 Å². The van der Waals surface area contributed by atoms with Gasteiger partial charge < -0.3 is 9.67 Å². The molecular formula is C12H14N2O. The van der Waals surface area contributed by atoms with Crippen LogP contribution in [0, 0.1) is 0 Å². The molecule has 2 rings (SSSR count). The molecule has 0 aliphatic rings. The van der Waals surface area contributed by atoms with Crippen LogP contribution in [0.1, 0.15) is 18.1 Å². The molecule has 0 spiro atoms. The number of aromatic nitrogens is 2. The first kappa shape index (κ1) is 9.93. The summed E-state index contributed by atoms with van der Waals surface area (Å²) in [6.07, 6.45) is 5.72. The maximum Gasteiger partial charge on any atom is 0.0945 e. The second kappa shape index (κ2) is 4.75. The normalized spacial score (nSPS) is 12.6. The van der Waals surface area contributed by atoms with Crippen molar-refractivity contribution in [2.75, 3.05) is 0 Å². The van der Waals surface area contributed by atoms with Crippen molar-refractivity contribution >= 4 is 0 Å². The Morgan fingerprint density at radius 3 is 2.73 bits per heavy atom. The van der Waals surface area contributed by atoms with E-state index in [0.717, 1.165) is 12.1 Å². The van der Waals surface area contributed by atoms with Gasteiger partial charge in [-0.2, -0.15) is 0 Å². The molecule has 0 aliphatic heterocycles. The van der Waals surface area contributed by atoms with Crippen LogP contribution in [0.5, 0.6) is 0 Å². The van der Waals surface area contributed by atoms with E-state index < -0.39 is 6.10 Å². The predicted molar refractivity (Wildman–Crippen MR) is 58.2 cm³/mol. The minimum atomic E-state index is -0.395. The number of hydrogen-bond acceptors (Lipinski definition) is 2. The van der Waals surface area contributed by atoms with E-state index >= 15 is 0 Å². The first-order chi connectivity index (χ1) is 7.36. The average molecular weight is 202 g/mol. The predicted octanol–water partition coefficient (Wildman–Crippen LogP) is 2.01. The van der Waals surface area contributed by atoms with Gasteiger partial charge in [-0.15, -0.1) is 0 Å². The summed E-state index contributed by atoms with van der Waals surface area (Å²) in [6.45, 7) is 0.788. The van der Waals surface area contributed by atoms with Crippen LogP contribution in [0.15, 0.2) is 49.1 Å². The number of nitrogens with zero attached hydrogens (tertiary/aromatic N) is 2. The number of benzene rings is 1. The highest BCUT2D eigenvalue weighted by molar-refractivity contribution is 5.16. The number of aliphatic hydroxyl groups excluding tert-OH is 1. The zero-order valence-electron chi connectivity index (χ0n) is 8.45. The minimum absolute atomic E-state index is 0.395. The summed E-state index contributed by atoms with van der Waals surface area (Å²) in [4.78, 5) is 3.95. The second-order valence-electron chi connectivity index (χ2n) is 3.52. The van der Waals surface area contributed by atoms with Gasteiger partial charge in [-0.05, 0) is 12.0 Å². The molecule has 0 bridgehead atoms. The van der Waals surface area contributed by atoms with Gasteiger partial charge in [-0.1, -0.05) is 30.3 Å². The molecule has 1 aromatic carbocycles. The smallest absolute Gasteiger partial charge is 0.0945 e. The van der Waals surface area contributed by atoms with Gasteiger partial charge in [0.15, 0.2) is 0 Å². The Labute approximate surface area is 89.0 Å². The SMILES string of the molecule is O[C@H](CCn1ccnc1)c1ccccc1. The highest BCUT2D eigenvalue weighted by Crippen LogP contribution is 2.16. The third-order valence-electron chi connectivity index (χ3n) is 2.40. The Kier molecular flexibility index (Phi) is 3.15. The van der Waals surface area contributed by atoms with Crippen LogP contribution in [0.2, 0.25) is 0 Å². The first-order valence-corrected chi connectivity index (χ1v) is 5.05. The molecule has 0 unspecified atom stereocenters. The Hall–Kier alpha value is -1.61. The van der Waals surface area contributed by atoms with Gasteiger partial charge in [0.25, 0.3) is 0 Å². The molecule has 78 valence electrons. The van der Waals surface area contributed by atoms with Crippen LogP contribution in [-0.2, 0) is 6.54 Å². The molecule has 0 saturated heterocycles. The van der Waals surface area contributed by atoms with Crippen molar-refractivity contribution in [1.82, 2.24) is 9.55 Å². The molecule has 0 saturated carbocycles. The Bertz CT molecular complexity index is 383. The van der Waals surface area contributed by atoms with Gasteiger partial charge in [-0.25, -0.2) is 4.98 Å². The van der Waals surface area contributed by atoms with E-state index in [1.54, 1.807) is 12.5 Å². The highest BCUT2D eigenvalue weighted by atomic mass is 16.3. The molecule has 1 atom stereocenters. The molecule has 2 aromatic rings. The van der Waals surface area contributed by atoms with Crippen molar-refractivity contribution in [3.63, 3.8) is 0 Å². The zero-order chi connectivity index (χ0) is 10.5. The van der Waals surface area contributed by atoms with Gasteiger partial charge in [-0.3, -0.25) is 0 Å². The largest absolute Gasteiger partial charge is 0.388 e. The third kappa shape index (κ3) is 2.67. The number of imidazole rings is 1. The Morgan fingerprint density at radius 1 is 1.27 bits per heavy atom. The van der Waals surface area contributed by atoms with Crippen molar-refractivity contribution in [1.29, 1.82) is 0 Å². The van der Waals surface area contributed by atoms with Gasteiger partial charge in [0, 0.05) is 18.9 Å². The van der Waals surface area contributed by atoms with E-state index in [2.05, 4.69) is 4.98 Å². The molecule has 1 aromatic heterocycles. The van der Waals surface area contributed by atoms with Crippen LogP contribution in [0.4, 0.5) is 0 Å². The van der Waals surface area contributed by atoms with Crippen LogP contribution < -0.4 is 0 Å². The van der Waals surface area contributed by atoms with Crippen molar-refractivity contribution in [2.45, 2.75) is 19.1 Å². The summed E-state index contributed by atoms with van der Waals surface area (Å²) in [5, 5.41) is 9.89. The van der Waals surface area contributed by atoms with E-state index in [-0.39, 0.29) is 0 Å². The Balaban J connectivity index is 1.90. The first-order valence-electron chi connectivity index (χ1n) is 5.05. The topological polar surface area (TPSA) is 38.0 Å². The molecule has 1 N–H and O–H groups in total. The van der Waals surface area contributed by atoms with Gasteiger partial charge in [0.1, 0.15) is 0 Å². The number of rotatable bonds is 4. The second-order valence-corrected chi connectivity index (χ2v) is 3.52. The lowest BCUT2D eigenvalue weighted by Crippen LogP contribution is -2.03. The van der Waals surface area contributed by atoms with Crippen LogP contribution in [0.3, 0.4) is 0 Å². The summed E-state index contributed by atoms with van der Waals surface area (Å²) >= 11 is 0. The molecule has 0 amide bonds. The molecule has 1 heterocycles. The number of hydrogen-bond donors (Lipinski definition) is 1.